The molecule has 1 saturated carbocycles. The number of methoxy groups -OCH3 is 1. The lowest BCUT2D eigenvalue weighted by atomic mass is 9.99. The first-order valence-corrected chi connectivity index (χ1v) is 9.71. The Bertz CT molecular complexity index is 921. The molecular weight excluding hydrogens is 354 g/mol. The van der Waals surface area contributed by atoms with Crippen LogP contribution in [0.25, 0.3) is 0 Å². The van der Waals surface area contributed by atoms with Crippen LogP contribution in [-0.2, 0) is 14.6 Å². The van der Waals surface area contributed by atoms with Crippen molar-refractivity contribution in [1.29, 1.82) is 0 Å². The van der Waals surface area contributed by atoms with Crippen LogP contribution in [0.1, 0.15) is 17.0 Å². The number of carboxylic acids is 1. The molecule has 0 saturated heterocycles. The van der Waals surface area contributed by atoms with Crippen molar-refractivity contribution in [2.45, 2.75) is 23.0 Å². The van der Waals surface area contributed by atoms with Gasteiger partial charge in [-0.15, -0.1) is 0 Å². The molecule has 0 unspecified atom stereocenters. The van der Waals surface area contributed by atoms with Crippen molar-refractivity contribution in [3.63, 3.8) is 0 Å². The van der Waals surface area contributed by atoms with E-state index in [1.165, 1.54) is 19.2 Å². The second-order valence-electron chi connectivity index (χ2n) is 6.58. The third-order valence-electron chi connectivity index (χ3n) is 5.15. The third-order valence-corrected chi connectivity index (χ3v) is 7.44. The highest BCUT2D eigenvalue weighted by Gasteiger charge is 2.75. The highest BCUT2D eigenvalue weighted by Crippen LogP contribution is 2.63. The summed E-state index contributed by atoms with van der Waals surface area (Å²) in [6.45, 7) is 1.60. The van der Waals surface area contributed by atoms with E-state index in [1.54, 1.807) is 36.4 Å². The van der Waals surface area contributed by atoms with E-state index in [1.807, 2.05) is 6.92 Å². The lowest BCUT2D eigenvalue weighted by molar-refractivity contribution is -0.143. The summed E-state index contributed by atoms with van der Waals surface area (Å²) in [4.78, 5) is 12.1. The summed E-state index contributed by atoms with van der Waals surface area (Å²) in [5.74, 6) is -1.29. The molecule has 1 fully saturated rings. The highest BCUT2D eigenvalue weighted by molar-refractivity contribution is 7.92. The van der Waals surface area contributed by atoms with E-state index in [2.05, 4.69) is 0 Å². The van der Waals surface area contributed by atoms with E-state index in [-0.39, 0.29) is 11.4 Å². The number of ether oxygens (including phenoxy) is 1. The minimum absolute atomic E-state index is 0.114. The van der Waals surface area contributed by atoms with Gasteiger partial charge in [-0.05, 0) is 36.8 Å². The van der Waals surface area contributed by atoms with Crippen molar-refractivity contribution in [2.75, 3.05) is 13.7 Å². The van der Waals surface area contributed by atoms with Crippen LogP contribution in [0.2, 0.25) is 0 Å². The monoisotopic (exact) mass is 375 g/mol. The number of rotatable bonds is 6. The van der Waals surface area contributed by atoms with Gasteiger partial charge in [0.25, 0.3) is 0 Å². The molecule has 0 aromatic heterocycles. The molecule has 138 valence electrons. The molecule has 7 heteroatoms. The fourth-order valence-corrected chi connectivity index (χ4v) is 5.99. The first kappa shape index (κ1) is 18.4. The topological polar surface area (TPSA) is 107 Å². The maximum absolute atomic E-state index is 13.1. The first-order valence-electron chi connectivity index (χ1n) is 8.17. The van der Waals surface area contributed by atoms with Gasteiger partial charge >= 0.3 is 5.97 Å². The number of aryl methyl sites for hydroxylation is 1. The SMILES string of the molecule is COc1ccc([C@@H]2[C@@H](S(=O)(=O)c3ccc(C)cc3)[C@@]2(CN)C(=O)O)cc1. The van der Waals surface area contributed by atoms with Crippen LogP contribution < -0.4 is 10.5 Å². The predicted octanol–water partition coefficient (Wildman–Crippen LogP) is 1.97. The van der Waals surface area contributed by atoms with Crippen molar-refractivity contribution >= 4 is 15.8 Å². The highest BCUT2D eigenvalue weighted by atomic mass is 32.2. The van der Waals surface area contributed by atoms with Crippen molar-refractivity contribution in [3.05, 3.63) is 59.7 Å². The molecule has 1 aliphatic rings. The summed E-state index contributed by atoms with van der Waals surface area (Å²) in [7, 11) is -2.33. The number of hydrogen-bond donors (Lipinski definition) is 2. The molecule has 2 aromatic rings. The number of hydrogen-bond acceptors (Lipinski definition) is 5. The van der Waals surface area contributed by atoms with E-state index >= 15 is 0 Å². The van der Waals surface area contributed by atoms with Crippen LogP contribution >= 0.6 is 0 Å². The van der Waals surface area contributed by atoms with E-state index in [0.717, 1.165) is 5.56 Å². The lowest BCUT2D eigenvalue weighted by Crippen LogP contribution is -2.31. The number of aliphatic carboxylic acids is 1. The molecule has 0 amide bonds. The second-order valence-corrected chi connectivity index (χ2v) is 8.65. The number of carboxylic acid groups (broad SMARTS) is 1. The van der Waals surface area contributed by atoms with Gasteiger partial charge in [0.1, 0.15) is 11.2 Å². The average molecular weight is 375 g/mol. The summed E-state index contributed by atoms with van der Waals surface area (Å²) in [5.41, 5.74) is 5.79. The zero-order valence-corrected chi connectivity index (χ0v) is 15.4. The number of sulfone groups is 1. The van der Waals surface area contributed by atoms with Crippen LogP contribution in [0.3, 0.4) is 0 Å². The van der Waals surface area contributed by atoms with Crippen LogP contribution in [0.5, 0.6) is 5.75 Å². The van der Waals surface area contributed by atoms with Gasteiger partial charge in [0, 0.05) is 12.5 Å². The molecule has 0 spiro atoms. The van der Waals surface area contributed by atoms with Gasteiger partial charge in [0.05, 0.1) is 17.3 Å². The Morgan fingerprint density at radius 3 is 2.19 bits per heavy atom. The summed E-state index contributed by atoms with van der Waals surface area (Å²) in [5, 5.41) is 8.69. The van der Waals surface area contributed by atoms with E-state index in [9.17, 15) is 18.3 Å². The van der Waals surface area contributed by atoms with Crippen LogP contribution in [0.15, 0.2) is 53.4 Å². The average Bonchev–Trinajstić information content (AvgIpc) is 3.34. The van der Waals surface area contributed by atoms with Crippen molar-refractivity contribution < 1.29 is 23.1 Å². The molecule has 0 bridgehead atoms. The Hall–Kier alpha value is -2.38. The Morgan fingerprint density at radius 1 is 1.15 bits per heavy atom. The lowest BCUT2D eigenvalue weighted by Gasteiger charge is -2.10. The number of carbonyl (C=O) groups is 1. The molecule has 3 rings (SSSR count). The first-order chi connectivity index (χ1) is 12.3. The zero-order chi connectivity index (χ0) is 19.1. The summed E-state index contributed by atoms with van der Waals surface area (Å²) >= 11 is 0. The largest absolute Gasteiger partial charge is 0.497 e. The van der Waals surface area contributed by atoms with E-state index in [4.69, 9.17) is 10.5 Å². The van der Waals surface area contributed by atoms with Gasteiger partial charge in [-0.2, -0.15) is 0 Å². The maximum atomic E-state index is 13.1. The summed E-state index contributed by atoms with van der Waals surface area (Å²) in [6, 6.07) is 13.2. The smallest absolute Gasteiger partial charge is 0.312 e. The van der Waals surface area contributed by atoms with Crippen molar-refractivity contribution in [3.8, 4) is 5.75 Å². The third kappa shape index (κ3) is 2.68. The molecule has 0 radical (unpaired) electrons. The quantitative estimate of drug-likeness (QED) is 0.799. The predicted molar refractivity (Wildman–Crippen MR) is 97.0 cm³/mol. The number of benzene rings is 2. The fourth-order valence-electron chi connectivity index (χ4n) is 3.60. The van der Waals surface area contributed by atoms with Gasteiger partial charge in [-0.1, -0.05) is 29.8 Å². The normalized spacial score (nSPS) is 24.9. The molecule has 26 heavy (non-hydrogen) atoms. The second kappa shape index (κ2) is 6.41. The van der Waals surface area contributed by atoms with E-state index in [0.29, 0.717) is 11.3 Å². The molecular formula is C19H21NO5S. The fraction of sp³-hybridized carbons (Fsp3) is 0.316. The Labute approximate surface area is 152 Å². The van der Waals surface area contributed by atoms with Gasteiger partial charge < -0.3 is 15.6 Å². The molecule has 0 heterocycles. The Kier molecular flexibility index (Phi) is 4.54. The van der Waals surface area contributed by atoms with Gasteiger partial charge in [0.15, 0.2) is 9.84 Å². The van der Waals surface area contributed by atoms with Crippen molar-refractivity contribution in [1.82, 2.24) is 0 Å². The van der Waals surface area contributed by atoms with Gasteiger partial charge in [-0.3, -0.25) is 4.79 Å². The molecule has 6 nitrogen and oxygen atoms in total. The molecule has 3 atom stereocenters. The minimum Gasteiger partial charge on any atom is -0.497 e. The zero-order valence-electron chi connectivity index (χ0n) is 14.5. The summed E-state index contributed by atoms with van der Waals surface area (Å²) in [6.07, 6.45) is 0. The van der Waals surface area contributed by atoms with Crippen LogP contribution in [0, 0.1) is 12.3 Å². The molecule has 3 N–H and O–H groups in total. The Morgan fingerprint density at radius 2 is 1.73 bits per heavy atom. The maximum Gasteiger partial charge on any atom is 0.312 e. The van der Waals surface area contributed by atoms with Gasteiger partial charge in [-0.25, -0.2) is 8.42 Å². The molecule has 0 aliphatic heterocycles. The van der Waals surface area contributed by atoms with E-state index < -0.39 is 32.4 Å². The molecule has 1 aliphatic carbocycles. The molecule has 2 aromatic carbocycles. The van der Waals surface area contributed by atoms with Gasteiger partial charge in [0.2, 0.25) is 0 Å². The minimum atomic E-state index is -3.85. The summed E-state index contributed by atoms with van der Waals surface area (Å²) < 4.78 is 31.4. The standard InChI is InChI=1S/C19H21NO5S/c1-12-3-9-15(10-4-12)26(23,24)17-16(19(17,11-20)18(21)22)13-5-7-14(25-2)8-6-13/h3-10,16-17H,11,20H2,1-2H3,(H,21,22)/t16-,17-,19+/m1/s1. The Balaban J connectivity index is 2.08. The van der Waals surface area contributed by atoms with Crippen LogP contribution in [-0.4, -0.2) is 38.4 Å². The van der Waals surface area contributed by atoms with Crippen LogP contribution in [0.4, 0.5) is 0 Å². The van der Waals surface area contributed by atoms with Crippen molar-refractivity contribution in [2.24, 2.45) is 11.1 Å². The number of nitrogens with two attached hydrogens (primary N) is 1.